The van der Waals surface area contributed by atoms with Crippen LogP contribution in [0.4, 0.5) is 0 Å². The standard InChI is InChI=1S/C32H58O/c1-3-5-7-9-11-13-15-17-19-21-23-25-27-29-32(31-33)30-28-26-24-22-20-18-16-14-12-10-8-6-4-2/h11,13,17,19,30-31H,3-10,12,14-16,18,20-29H2,1-2H3/b13-11-,19-17-,32-30+. The molecule has 0 rings (SSSR count). The van der Waals surface area contributed by atoms with E-state index in [1.807, 2.05) is 0 Å². The molecule has 0 N–H and O–H groups in total. The lowest BCUT2D eigenvalue weighted by Crippen LogP contribution is -1.87. The molecule has 0 spiro atoms. The van der Waals surface area contributed by atoms with Crippen molar-refractivity contribution in [3.8, 4) is 0 Å². The average molecular weight is 459 g/mol. The van der Waals surface area contributed by atoms with Gasteiger partial charge in [-0.2, -0.15) is 0 Å². The second-order valence-corrected chi connectivity index (χ2v) is 9.85. The molecular formula is C32H58O. The lowest BCUT2D eigenvalue weighted by molar-refractivity contribution is -0.105. The van der Waals surface area contributed by atoms with Gasteiger partial charge in [0.2, 0.25) is 0 Å². The fourth-order valence-electron chi connectivity index (χ4n) is 4.27. The van der Waals surface area contributed by atoms with Gasteiger partial charge in [-0.1, -0.05) is 134 Å². The van der Waals surface area contributed by atoms with E-state index in [4.69, 9.17) is 0 Å². The Balaban J connectivity index is 3.48. The van der Waals surface area contributed by atoms with Crippen molar-refractivity contribution in [2.24, 2.45) is 0 Å². The summed E-state index contributed by atoms with van der Waals surface area (Å²) in [6.45, 7) is 4.54. The van der Waals surface area contributed by atoms with Gasteiger partial charge in [-0.3, -0.25) is 4.79 Å². The van der Waals surface area contributed by atoms with Crippen LogP contribution in [0.2, 0.25) is 0 Å². The Morgan fingerprint density at radius 3 is 1.45 bits per heavy atom. The number of aldehydes is 1. The SMILES string of the molecule is CCCCC/C=C\C/C=C\CCCCC/C(C=O)=C\CCCCCCCCCCCCCC. The Morgan fingerprint density at radius 2 is 0.909 bits per heavy atom. The molecule has 0 aliphatic rings. The van der Waals surface area contributed by atoms with Gasteiger partial charge in [0.15, 0.2) is 0 Å². The maximum absolute atomic E-state index is 11.3. The van der Waals surface area contributed by atoms with Gasteiger partial charge in [0.1, 0.15) is 6.29 Å². The number of hydrogen-bond donors (Lipinski definition) is 0. The van der Waals surface area contributed by atoms with Crippen molar-refractivity contribution in [1.29, 1.82) is 0 Å². The fraction of sp³-hybridized carbons (Fsp3) is 0.781. The summed E-state index contributed by atoms with van der Waals surface area (Å²) in [6.07, 6.45) is 42.3. The second kappa shape index (κ2) is 28.9. The molecule has 0 heterocycles. The number of carbonyl (C=O) groups excluding carboxylic acids is 1. The Kier molecular flexibility index (Phi) is 27.9. The molecule has 0 saturated heterocycles. The molecule has 0 unspecified atom stereocenters. The average Bonchev–Trinajstić information content (AvgIpc) is 2.83. The summed E-state index contributed by atoms with van der Waals surface area (Å²) in [4.78, 5) is 11.3. The van der Waals surface area contributed by atoms with Gasteiger partial charge in [-0.05, 0) is 63.4 Å². The van der Waals surface area contributed by atoms with E-state index in [9.17, 15) is 4.79 Å². The van der Waals surface area contributed by atoms with E-state index in [1.54, 1.807) is 0 Å². The smallest absolute Gasteiger partial charge is 0.145 e. The summed E-state index contributed by atoms with van der Waals surface area (Å²) >= 11 is 0. The van der Waals surface area contributed by atoms with Gasteiger partial charge in [0, 0.05) is 0 Å². The number of allylic oxidation sites excluding steroid dienone is 6. The quantitative estimate of drug-likeness (QED) is 0.0545. The molecule has 0 saturated carbocycles. The van der Waals surface area contributed by atoms with Crippen molar-refractivity contribution in [1.82, 2.24) is 0 Å². The number of rotatable bonds is 26. The van der Waals surface area contributed by atoms with Gasteiger partial charge in [0.05, 0.1) is 0 Å². The summed E-state index contributed by atoms with van der Waals surface area (Å²) in [5, 5.41) is 0. The van der Waals surface area contributed by atoms with Crippen LogP contribution in [-0.4, -0.2) is 6.29 Å². The minimum atomic E-state index is 0.964. The third-order valence-electron chi connectivity index (χ3n) is 6.53. The van der Waals surface area contributed by atoms with E-state index in [-0.39, 0.29) is 0 Å². The second-order valence-electron chi connectivity index (χ2n) is 9.85. The Hall–Kier alpha value is -1.11. The van der Waals surface area contributed by atoms with Gasteiger partial charge in [-0.25, -0.2) is 0 Å². The molecule has 0 aliphatic carbocycles. The normalized spacial score (nSPS) is 12.4. The molecule has 1 heteroatoms. The number of hydrogen-bond acceptors (Lipinski definition) is 1. The summed E-state index contributed by atoms with van der Waals surface area (Å²) < 4.78 is 0. The van der Waals surface area contributed by atoms with Crippen LogP contribution in [0.5, 0.6) is 0 Å². The van der Waals surface area contributed by atoms with Crippen molar-refractivity contribution in [2.45, 2.75) is 162 Å². The van der Waals surface area contributed by atoms with Crippen LogP contribution >= 0.6 is 0 Å². The van der Waals surface area contributed by atoms with E-state index >= 15 is 0 Å². The zero-order valence-electron chi connectivity index (χ0n) is 22.6. The van der Waals surface area contributed by atoms with Crippen molar-refractivity contribution < 1.29 is 4.79 Å². The van der Waals surface area contributed by atoms with E-state index in [0.717, 1.165) is 37.5 Å². The first-order chi connectivity index (χ1) is 16.3. The fourth-order valence-corrected chi connectivity index (χ4v) is 4.27. The van der Waals surface area contributed by atoms with Gasteiger partial charge < -0.3 is 0 Å². The van der Waals surface area contributed by atoms with E-state index in [1.165, 1.54) is 122 Å². The Morgan fingerprint density at radius 1 is 0.485 bits per heavy atom. The van der Waals surface area contributed by atoms with E-state index in [2.05, 4.69) is 44.2 Å². The molecule has 1 nitrogen and oxygen atoms in total. The van der Waals surface area contributed by atoms with E-state index in [0.29, 0.717) is 0 Å². The molecule has 0 aromatic carbocycles. The molecular weight excluding hydrogens is 400 g/mol. The zero-order chi connectivity index (χ0) is 24.1. The zero-order valence-corrected chi connectivity index (χ0v) is 22.6. The molecule has 192 valence electrons. The number of carbonyl (C=O) groups is 1. The molecule has 0 aromatic rings. The first-order valence-electron chi connectivity index (χ1n) is 14.8. The van der Waals surface area contributed by atoms with Crippen molar-refractivity contribution in [3.05, 3.63) is 36.0 Å². The predicted molar refractivity (Wildman–Crippen MR) is 150 cm³/mol. The molecule has 0 fully saturated rings. The third kappa shape index (κ3) is 27.0. The monoisotopic (exact) mass is 458 g/mol. The molecule has 33 heavy (non-hydrogen) atoms. The number of unbranched alkanes of at least 4 members (excludes halogenated alkanes) is 18. The van der Waals surface area contributed by atoms with Gasteiger partial charge in [-0.15, -0.1) is 0 Å². The molecule has 0 aliphatic heterocycles. The van der Waals surface area contributed by atoms with Crippen LogP contribution in [0, 0.1) is 0 Å². The first-order valence-corrected chi connectivity index (χ1v) is 14.8. The van der Waals surface area contributed by atoms with Gasteiger partial charge >= 0.3 is 0 Å². The first kappa shape index (κ1) is 31.9. The Labute approximate surface area is 208 Å². The topological polar surface area (TPSA) is 17.1 Å². The highest BCUT2D eigenvalue weighted by molar-refractivity contribution is 5.72. The van der Waals surface area contributed by atoms with Crippen molar-refractivity contribution in [3.63, 3.8) is 0 Å². The highest BCUT2D eigenvalue weighted by Crippen LogP contribution is 2.14. The van der Waals surface area contributed by atoms with Crippen molar-refractivity contribution in [2.75, 3.05) is 0 Å². The maximum Gasteiger partial charge on any atom is 0.145 e. The molecule has 0 aromatic heterocycles. The Bertz CT molecular complexity index is 471. The summed E-state index contributed by atoms with van der Waals surface area (Å²) in [6, 6.07) is 0. The molecule has 0 amide bonds. The highest BCUT2D eigenvalue weighted by Gasteiger charge is 1.97. The van der Waals surface area contributed by atoms with Crippen LogP contribution in [0.3, 0.4) is 0 Å². The minimum absolute atomic E-state index is 0.964. The molecule has 0 bridgehead atoms. The molecule has 0 radical (unpaired) electrons. The molecule has 0 atom stereocenters. The van der Waals surface area contributed by atoms with Crippen LogP contribution in [0.15, 0.2) is 36.0 Å². The summed E-state index contributed by atoms with van der Waals surface area (Å²) in [5.41, 5.74) is 1.03. The van der Waals surface area contributed by atoms with Crippen LogP contribution in [-0.2, 0) is 4.79 Å². The largest absolute Gasteiger partial charge is 0.298 e. The summed E-state index contributed by atoms with van der Waals surface area (Å²) in [7, 11) is 0. The van der Waals surface area contributed by atoms with Crippen LogP contribution in [0.25, 0.3) is 0 Å². The van der Waals surface area contributed by atoms with Gasteiger partial charge in [0.25, 0.3) is 0 Å². The lowest BCUT2D eigenvalue weighted by Gasteiger charge is -2.03. The van der Waals surface area contributed by atoms with E-state index < -0.39 is 0 Å². The highest BCUT2D eigenvalue weighted by atomic mass is 16.1. The summed E-state index contributed by atoms with van der Waals surface area (Å²) in [5.74, 6) is 0. The van der Waals surface area contributed by atoms with Crippen molar-refractivity contribution >= 4 is 6.29 Å². The lowest BCUT2D eigenvalue weighted by atomic mass is 10.0. The third-order valence-corrected chi connectivity index (χ3v) is 6.53. The predicted octanol–water partition coefficient (Wildman–Crippen LogP) is 11.2. The van der Waals surface area contributed by atoms with Crippen LogP contribution in [0.1, 0.15) is 162 Å². The maximum atomic E-state index is 11.3. The van der Waals surface area contributed by atoms with Crippen LogP contribution < -0.4 is 0 Å². The minimum Gasteiger partial charge on any atom is -0.298 e.